The largest absolute Gasteiger partial charge is 0.504 e. The van der Waals surface area contributed by atoms with Crippen molar-refractivity contribution in [2.24, 2.45) is 11.7 Å². The maximum absolute atomic E-state index is 14.1. The molecule has 3 rings (SSSR count). The fourth-order valence-corrected chi connectivity index (χ4v) is 4.54. The molecule has 0 aliphatic heterocycles. The second kappa shape index (κ2) is 11.7. The Hall–Kier alpha value is -4.12. The van der Waals surface area contributed by atoms with Gasteiger partial charge in [-0.25, -0.2) is 0 Å². The van der Waals surface area contributed by atoms with Gasteiger partial charge in [0.2, 0.25) is 5.91 Å². The number of carbonyl (C=O) groups excluding carboxylic acids is 3. The van der Waals surface area contributed by atoms with E-state index in [2.05, 4.69) is 9.69 Å². The first-order valence-corrected chi connectivity index (χ1v) is 12.4. The Bertz CT molecular complexity index is 1310. The predicted octanol–water partition coefficient (Wildman–Crippen LogP) is 3.40. The van der Waals surface area contributed by atoms with Crippen LogP contribution in [-0.4, -0.2) is 40.9 Å². The molecule has 6 N–H and O–H groups in total. The van der Waals surface area contributed by atoms with Crippen molar-refractivity contribution in [1.82, 2.24) is 9.69 Å². The summed E-state index contributed by atoms with van der Waals surface area (Å²) >= 11 is 0.734. The molecule has 1 unspecified atom stereocenters. The minimum atomic E-state index is -1.17. The third-order valence-electron chi connectivity index (χ3n) is 5.80. The molecule has 1 heterocycles. The molecule has 0 fully saturated rings. The van der Waals surface area contributed by atoms with Crippen LogP contribution in [-0.2, 0) is 4.79 Å². The van der Waals surface area contributed by atoms with Gasteiger partial charge in [0, 0.05) is 12.2 Å². The van der Waals surface area contributed by atoms with E-state index in [0.717, 1.165) is 23.5 Å². The molecule has 0 aliphatic rings. The Morgan fingerprint density at radius 2 is 1.89 bits per heavy atom. The second-order valence-corrected chi connectivity index (χ2v) is 9.68. The molecule has 11 heteroatoms. The number of nitrogens with zero attached hydrogens (tertiary/aromatic N) is 2. The van der Waals surface area contributed by atoms with Gasteiger partial charge in [-0.1, -0.05) is 38.1 Å². The quantitative estimate of drug-likeness (QED) is 0.315. The van der Waals surface area contributed by atoms with Crippen molar-refractivity contribution in [1.29, 1.82) is 0 Å². The molecule has 1 atom stereocenters. The first-order valence-electron chi connectivity index (χ1n) is 11.7. The molecular weight excluding hydrogens is 494 g/mol. The number of aromatic hydroxyl groups is 1. The van der Waals surface area contributed by atoms with Gasteiger partial charge in [0.05, 0.1) is 12.8 Å². The van der Waals surface area contributed by atoms with Crippen molar-refractivity contribution >= 4 is 40.6 Å². The second-order valence-electron chi connectivity index (χ2n) is 8.91. The van der Waals surface area contributed by atoms with E-state index in [9.17, 15) is 19.5 Å². The number of methoxy groups -OCH3 is 1. The maximum Gasteiger partial charge on any atom is 0.273 e. The van der Waals surface area contributed by atoms with Crippen LogP contribution in [0.2, 0.25) is 0 Å². The number of nitrogen functional groups attached to an aromatic ring is 1. The van der Waals surface area contributed by atoms with Crippen molar-refractivity contribution in [3.63, 3.8) is 0 Å². The number of primary amides is 1. The lowest BCUT2D eigenvalue weighted by molar-refractivity contribution is -0.122. The van der Waals surface area contributed by atoms with Crippen molar-refractivity contribution in [2.75, 3.05) is 24.3 Å². The van der Waals surface area contributed by atoms with Gasteiger partial charge in [0.25, 0.3) is 11.8 Å². The molecule has 1 aromatic heterocycles. The van der Waals surface area contributed by atoms with E-state index in [1.165, 1.54) is 24.1 Å². The molecular formula is C26H31N5O5S. The molecule has 0 saturated heterocycles. The summed E-state index contributed by atoms with van der Waals surface area (Å²) in [7, 11) is 1.39. The maximum atomic E-state index is 14.1. The van der Waals surface area contributed by atoms with Gasteiger partial charge in [0.1, 0.15) is 10.9 Å². The molecule has 0 saturated carbocycles. The number of ether oxygens (including phenoxy) is 1. The SMILES string of the molecule is COc1cc(C(C(=O)NCCC(C)C)N(C(=O)c2snc(C(N)=O)c2N)c2ccccc2C)ccc1O. The number of aromatic nitrogens is 1. The number of anilines is 2. The molecule has 0 aliphatic carbocycles. The lowest BCUT2D eigenvalue weighted by Crippen LogP contribution is -2.44. The van der Waals surface area contributed by atoms with E-state index in [1.54, 1.807) is 18.2 Å². The third-order valence-corrected chi connectivity index (χ3v) is 6.65. The monoisotopic (exact) mass is 525 g/mol. The number of aryl methyl sites for hydroxylation is 1. The minimum Gasteiger partial charge on any atom is -0.504 e. The van der Waals surface area contributed by atoms with E-state index in [4.69, 9.17) is 16.2 Å². The first-order chi connectivity index (χ1) is 17.6. The Morgan fingerprint density at radius 1 is 1.19 bits per heavy atom. The zero-order valence-corrected chi connectivity index (χ0v) is 22.0. The van der Waals surface area contributed by atoms with Crippen molar-refractivity contribution in [3.05, 3.63) is 64.2 Å². The Kier molecular flexibility index (Phi) is 8.72. The van der Waals surface area contributed by atoms with Gasteiger partial charge < -0.3 is 26.6 Å². The summed E-state index contributed by atoms with van der Waals surface area (Å²) in [6, 6.07) is 10.4. The number of hydrogen-bond donors (Lipinski definition) is 4. The van der Waals surface area contributed by atoms with Gasteiger partial charge in [0.15, 0.2) is 17.2 Å². The number of nitrogens with two attached hydrogens (primary N) is 2. The number of amides is 3. The molecule has 10 nitrogen and oxygen atoms in total. The van der Waals surface area contributed by atoms with Crippen LogP contribution in [0, 0.1) is 12.8 Å². The van der Waals surface area contributed by atoms with Crippen molar-refractivity contribution in [2.45, 2.75) is 33.2 Å². The van der Waals surface area contributed by atoms with E-state index >= 15 is 0 Å². The fourth-order valence-electron chi connectivity index (χ4n) is 3.80. The van der Waals surface area contributed by atoms with Gasteiger partial charge >= 0.3 is 0 Å². The highest BCUT2D eigenvalue weighted by atomic mass is 32.1. The average Bonchev–Trinajstić information content (AvgIpc) is 3.24. The highest BCUT2D eigenvalue weighted by molar-refractivity contribution is 7.09. The summed E-state index contributed by atoms with van der Waals surface area (Å²) in [5, 5.41) is 13.1. The smallest absolute Gasteiger partial charge is 0.273 e. The molecule has 0 bridgehead atoms. The topological polar surface area (TPSA) is 161 Å². The number of hydrogen-bond acceptors (Lipinski definition) is 8. The van der Waals surface area contributed by atoms with Crippen LogP contribution in [0.3, 0.4) is 0 Å². The van der Waals surface area contributed by atoms with Gasteiger partial charge in [-0.05, 0) is 60.1 Å². The summed E-state index contributed by atoms with van der Waals surface area (Å²) in [5.41, 5.74) is 12.7. The lowest BCUT2D eigenvalue weighted by Gasteiger charge is -2.32. The minimum absolute atomic E-state index is 0.0252. The number of nitrogens with one attached hydrogen (secondary N) is 1. The fraction of sp³-hybridized carbons (Fsp3) is 0.308. The van der Waals surface area contributed by atoms with Crippen molar-refractivity contribution in [3.8, 4) is 11.5 Å². The van der Waals surface area contributed by atoms with Gasteiger partial charge in [-0.15, -0.1) is 0 Å². The zero-order valence-electron chi connectivity index (χ0n) is 21.1. The molecule has 0 spiro atoms. The number of rotatable bonds is 10. The van der Waals surface area contributed by atoms with Crippen molar-refractivity contribution < 1.29 is 24.2 Å². The molecule has 37 heavy (non-hydrogen) atoms. The standard InChI is InChI=1S/C26H31N5O5S/c1-14(2)11-12-29-25(34)22(16-9-10-18(32)19(13-16)36-4)31(17-8-6-5-7-15(17)3)26(35)23-20(27)21(24(28)33)30-37-23/h5-10,13-14,22,32H,11-12,27H2,1-4H3,(H2,28,33)(H,29,34). The highest BCUT2D eigenvalue weighted by Crippen LogP contribution is 2.37. The van der Waals surface area contributed by atoms with Crippen LogP contribution in [0.5, 0.6) is 11.5 Å². The Labute approximate surface area is 219 Å². The average molecular weight is 526 g/mol. The highest BCUT2D eigenvalue weighted by Gasteiger charge is 2.37. The van der Waals surface area contributed by atoms with Crippen LogP contribution in [0.1, 0.15) is 57.6 Å². The van der Waals surface area contributed by atoms with Crippen LogP contribution in [0.25, 0.3) is 0 Å². The normalized spacial score (nSPS) is 11.7. The summed E-state index contributed by atoms with van der Waals surface area (Å²) < 4.78 is 9.23. The van der Waals surface area contributed by atoms with Crippen LogP contribution in [0.4, 0.5) is 11.4 Å². The summed E-state index contributed by atoms with van der Waals surface area (Å²) in [4.78, 5) is 40.9. The number of phenolic OH excluding ortho intramolecular Hbond substituents is 1. The van der Waals surface area contributed by atoms with E-state index in [-0.39, 0.29) is 27.8 Å². The molecule has 3 aromatic rings. The molecule has 196 valence electrons. The van der Waals surface area contributed by atoms with Crippen LogP contribution < -0.4 is 26.4 Å². The van der Waals surface area contributed by atoms with Crippen LogP contribution >= 0.6 is 11.5 Å². The van der Waals surface area contributed by atoms with Gasteiger partial charge in [-0.3, -0.25) is 19.3 Å². The first kappa shape index (κ1) is 27.5. The Morgan fingerprint density at radius 3 is 2.49 bits per heavy atom. The third kappa shape index (κ3) is 6.00. The summed E-state index contributed by atoms with van der Waals surface area (Å²) in [5.74, 6) is -1.55. The summed E-state index contributed by atoms with van der Waals surface area (Å²) in [6.07, 6.45) is 0.736. The number of benzene rings is 2. The number of phenols is 1. The molecule has 3 amide bonds. The van der Waals surface area contributed by atoms with E-state index in [1.807, 2.05) is 32.9 Å². The van der Waals surface area contributed by atoms with E-state index < -0.39 is 23.8 Å². The lowest BCUT2D eigenvalue weighted by atomic mass is 10.0. The molecule has 2 aromatic carbocycles. The molecule has 0 radical (unpaired) electrons. The Balaban J connectivity index is 2.22. The van der Waals surface area contributed by atoms with Crippen LogP contribution in [0.15, 0.2) is 42.5 Å². The number of carbonyl (C=O) groups is 3. The number of para-hydroxylation sites is 1. The summed E-state index contributed by atoms with van der Waals surface area (Å²) in [6.45, 7) is 6.29. The van der Waals surface area contributed by atoms with E-state index in [0.29, 0.717) is 23.7 Å². The zero-order chi connectivity index (χ0) is 27.3. The van der Waals surface area contributed by atoms with Gasteiger partial charge in [-0.2, -0.15) is 4.37 Å². The predicted molar refractivity (Wildman–Crippen MR) is 143 cm³/mol.